The number of aromatic nitrogens is 3. The number of aromatic amines is 1. The van der Waals surface area contributed by atoms with E-state index in [0.29, 0.717) is 42.8 Å². The summed E-state index contributed by atoms with van der Waals surface area (Å²) in [5.74, 6) is 0.680. The molecule has 30 heavy (non-hydrogen) atoms. The first-order valence-electron chi connectivity index (χ1n) is 10.6. The Morgan fingerprint density at radius 2 is 1.90 bits per heavy atom. The third-order valence-electron chi connectivity index (χ3n) is 6.00. The number of rotatable bonds is 4. The molecule has 1 saturated heterocycles. The van der Waals surface area contributed by atoms with Gasteiger partial charge in [-0.25, -0.2) is 4.79 Å². The summed E-state index contributed by atoms with van der Waals surface area (Å²) in [6.45, 7) is 4.01. The minimum Gasteiger partial charge on any atom is -0.337 e. The van der Waals surface area contributed by atoms with Crippen LogP contribution in [-0.4, -0.2) is 68.7 Å². The van der Waals surface area contributed by atoms with Crippen LogP contribution in [0.15, 0.2) is 17.5 Å². The predicted octanol–water partition coefficient (Wildman–Crippen LogP) is 3.42. The molecule has 0 spiro atoms. The van der Waals surface area contributed by atoms with Crippen LogP contribution in [0.3, 0.4) is 0 Å². The van der Waals surface area contributed by atoms with Crippen LogP contribution in [0.25, 0.3) is 10.7 Å². The molecule has 1 aliphatic heterocycles. The van der Waals surface area contributed by atoms with Crippen LogP contribution < -0.4 is 5.32 Å². The van der Waals surface area contributed by atoms with E-state index >= 15 is 0 Å². The summed E-state index contributed by atoms with van der Waals surface area (Å²) in [7, 11) is 0. The maximum absolute atomic E-state index is 13.2. The Morgan fingerprint density at radius 3 is 2.57 bits per heavy atom. The molecule has 2 aromatic rings. The fourth-order valence-electron chi connectivity index (χ4n) is 4.26. The topological polar surface area (TPSA) is 86.3 Å². The second-order valence-corrected chi connectivity index (χ2v) is 9.31. The molecule has 8 nitrogen and oxygen atoms in total. The maximum atomic E-state index is 13.2. The van der Waals surface area contributed by atoms with Crippen molar-refractivity contribution >= 4 is 35.5 Å². The quantitative estimate of drug-likeness (QED) is 0.702. The standard InChI is InChI=1S/C20H28N6O2S2/c1-14(26-17(22-23-20(26)29)16-8-5-13-30-16)18(27)24-9-11-25(12-10-24)19(28)21-15-6-3-2-4-7-15/h5,8,13-15H,2-4,6-7,9-12H2,1H3,(H,21,28)(H,23,29). The summed E-state index contributed by atoms with van der Waals surface area (Å²) < 4.78 is 2.22. The van der Waals surface area contributed by atoms with E-state index in [1.54, 1.807) is 15.9 Å². The van der Waals surface area contributed by atoms with E-state index in [1.165, 1.54) is 19.3 Å². The Morgan fingerprint density at radius 1 is 1.20 bits per heavy atom. The number of hydrogen-bond donors (Lipinski definition) is 2. The second-order valence-electron chi connectivity index (χ2n) is 7.97. The van der Waals surface area contributed by atoms with Crippen molar-refractivity contribution < 1.29 is 9.59 Å². The Balaban J connectivity index is 1.36. The monoisotopic (exact) mass is 448 g/mol. The zero-order valence-corrected chi connectivity index (χ0v) is 18.8. The molecule has 4 rings (SSSR count). The van der Waals surface area contributed by atoms with Crippen molar-refractivity contribution in [3.63, 3.8) is 0 Å². The SMILES string of the molecule is CC(C(=O)N1CCN(C(=O)NC2CCCCC2)CC1)n1c(-c2cccs2)n[nH]c1=S. The number of urea groups is 1. The van der Waals surface area contributed by atoms with Crippen LogP contribution in [0.4, 0.5) is 4.79 Å². The van der Waals surface area contributed by atoms with Crippen molar-refractivity contribution in [2.24, 2.45) is 0 Å². The lowest BCUT2D eigenvalue weighted by Crippen LogP contribution is -2.55. The smallest absolute Gasteiger partial charge is 0.317 e. The number of piperazine rings is 1. The van der Waals surface area contributed by atoms with Crippen molar-refractivity contribution in [1.29, 1.82) is 0 Å². The van der Waals surface area contributed by atoms with E-state index in [9.17, 15) is 9.59 Å². The van der Waals surface area contributed by atoms with E-state index in [0.717, 1.165) is 17.7 Å². The number of thiophene rings is 1. The van der Waals surface area contributed by atoms with E-state index in [1.807, 2.05) is 34.2 Å². The van der Waals surface area contributed by atoms with E-state index in [-0.39, 0.29) is 11.9 Å². The average molecular weight is 449 g/mol. The predicted molar refractivity (Wildman–Crippen MR) is 119 cm³/mol. The van der Waals surface area contributed by atoms with Gasteiger partial charge in [0.15, 0.2) is 10.6 Å². The highest BCUT2D eigenvalue weighted by molar-refractivity contribution is 7.71. The molecule has 3 amide bonds. The molecule has 3 heterocycles. The first kappa shape index (κ1) is 21.0. The van der Waals surface area contributed by atoms with Gasteiger partial charge in [0, 0.05) is 32.2 Å². The zero-order chi connectivity index (χ0) is 21.1. The van der Waals surface area contributed by atoms with Crippen LogP contribution in [0, 0.1) is 4.77 Å². The van der Waals surface area contributed by atoms with Gasteiger partial charge in [-0.3, -0.25) is 14.5 Å². The van der Waals surface area contributed by atoms with Crippen LogP contribution >= 0.6 is 23.6 Å². The van der Waals surface area contributed by atoms with Gasteiger partial charge in [-0.1, -0.05) is 25.3 Å². The summed E-state index contributed by atoms with van der Waals surface area (Å²) in [5.41, 5.74) is 0. The molecule has 2 fully saturated rings. The Bertz CT molecular complexity index is 923. The summed E-state index contributed by atoms with van der Waals surface area (Å²) in [4.78, 5) is 30.3. The molecule has 2 N–H and O–H groups in total. The average Bonchev–Trinajstić information content (AvgIpc) is 3.43. The van der Waals surface area contributed by atoms with Gasteiger partial charge in [-0.2, -0.15) is 5.10 Å². The molecule has 1 unspecified atom stereocenters. The summed E-state index contributed by atoms with van der Waals surface area (Å²) in [6.07, 6.45) is 5.78. The van der Waals surface area contributed by atoms with Gasteiger partial charge in [0.05, 0.1) is 4.88 Å². The van der Waals surface area contributed by atoms with Gasteiger partial charge < -0.3 is 15.1 Å². The molecule has 0 radical (unpaired) electrons. The van der Waals surface area contributed by atoms with Crippen LogP contribution in [0.2, 0.25) is 0 Å². The van der Waals surface area contributed by atoms with Gasteiger partial charge in [-0.15, -0.1) is 11.3 Å². The van der Waals surface area contributed by atoms with Crippen LogP contribution in [-0.2, 0) is 4.79 Å². The van der Waals surface area contributed by atoms with Crippen molar-refractivity contribution in [1.82, 2.24) is 29.9 Å². The van der Waals surface area contributed by atoms with Crippen molar-refractivity contribution in [3.05, 3.63) is 22.3 Å². The summed E-state index contributed by atoms with van der Waals surface area (Å²) in [5, 5.41) is 12.3. The van der Waals surface area contributed by atoms with Crippen molar-refractivity contribution in [2.75, 3.05) is 26.2 Å². The number of H-pyrrole nitrogens is 1. The second kappa shape index (κ2) is 9.30. The van der Waals surface area contributed by atoms with Crippen LogP contribution in [0.1, 0.15) is 45.1 Å². The highest BCUT2D eigenvalue weighted by Gasteiger charge is 2.30. The summed E-state index contributed by atoms with van der Waals surface area (Å²) in [6, 6.07) is 3.75. The van der Waals surface area contributed by atoms with Crippen LogP contribution in [0.5, 0.6) is 0 Å². The first-order chi connectivity index (χ1) is 14.5. The molecule has 1 aliphatic carbocycles. The third-order valence-corrected chi connectivity index (χ3v) is 7.16. The lowest BCUT2D eigenvalue weighted by atomic mass is 9.96. The maximum Gasteiger partial charge on any atom is 0.317 e. The number of carbonyl (C=O) groups is 2. The van der Waals surface area contributed by atoms with Gasteiger partial charge >= 0.3 is 6.03 Å². The first-order valence-corrected chi connectivity index (χ1v) is 11.9. The Labute approximate surface area is 185 Å². The molecule has 10 heteroatoms. The largest absolute Gasteiger partial charge is 0.337 e. The summed E-state index contributed by atoms with van der Waals surface area (Å²) >= 11 is 6.95. The van der Waals surface area contributed by atoms with E-state index < -0.39 is 6.04 Å². The number of carbonyl (C=O) groups excluding carboxylic acids is 2. The number of hydrogen-bond acceptors (Lipinski definition) is 5. The van der Waals surface area contributed by atoms with Gasteiger partial charge in [-0.05, 0) is 43.4 Å². The molecule has 162 valence electrons. The van der Waals surface area contributed by atoms with Crippen molar-refractivity contribution in [3.8, 4) is 10.7 Å². The zero-order valence-electron chi connectivity index (χ0n) is 17.2. The molecule has 2 aliphatic rings. The highest BCUT2D eigenvalue weighted by atomic mass is 32.1. The Hall–Kier alpha value is -2.20. The minimum atomic E-state index is -0.462. The molecule has 0 bridgehead atoms. The molecular weight excluding hydrogens is 420 g/mol. The van der Waals surface area contributed by atoms with Crippen molar-refractivity contribution in [2.45, 2.75) is 51.1 Å². The highest BCUT2D eigenvalue weighted by Crippen LogP contribution is 2.26. The number of nitrogens with one attached hydrogen (secondary N) is 2. The molecule has 2 aromatic heterocycles. The van der Waals surface area contributed by atoms with Gasteiger partial charge in [0.2, 0.25) is 5.91 Å². The fraction of sp³-hybridized carbons (Fsp3) is 0.600. The molecule has 1 saturated carbocycles. The number of amides is 3. The molecule has 1 atom stereocenters. The molecular formula is C20H28N6O2S2. The molecule has 0 aromatic carbocycles. The minimum absolute atomic E-state index is 0.000849. The third kappa shape index (κ3) is 4.44. The lowest BCUT2D eigenvalue weighted by molar-refractivity contribution is -0.135. The van der Waals surface area contributed by atoms with Gasteiger partial charge in [0.25, 0.3) is 0 Å². The Kier molecular flexibility index (Phi) is 6.52. The lowest BCUT2D eigenvalue weighted by Gasteiger charge is -2.37. The normalized spacial score (nSPS) is 19.0. The fourth-order valence-corrected chi connectivity index (χ4v) is 5.26. The van der Waals surface area contributed by atoms with E-state index in [2.05, 4.69) is 15.5 Å². The number of nitrogens with zero attached hydrogens (tertiary/aromatic N) is 4. The van der Waals surface area contributed by atoms with E-state index in [4.69, 9.17) is 12.2 Å². The van der Waals surface area contributed by atoms with Gasteiger partial charge in [0.1, 0.15) is 6.04 Å².